The zero-order valence-corrected chi connectivity index (χ0v) is 10.6. The lowest BCUT2D eigenvalue weighted by Crippen LogP contribution is -2.36. The molecule has 0 aromatic heterocycles. The minimum atomic E-state index is 0.00389. The van der Waals surface area contributed by atoms with Gasteiger partial charge >= 0.3 is 0 Å². The first kappa shape index (κ1) is 12.8. The summed E-state index contributed by atoms with van der Waals surface area (Å²) in [4.78, 5) is 25.4. The Kier molecular flexibility index (Phi) is 4.10. The van der Waals surface area contributed by atoms with Gasteiger partial charge in [0.2, 0.25) is 5.91 Å². The molecule has 0 aliphatic carbocycles. The van der Waals surface area contributed by atoms with E-state index in [1.54, 1.807) is 0 Å². The topological polar surface area (TPSA) is 49.4 Å². The highest BCUT2D eigenvalue weighted by atomic mass is 16.2. The van der Waals surface area contributed by atoms with Gasteiger partial charge in [-0.2, -0.15) is 0 Å². The largest absolute Gasteiger partial charge is 0.355 e. The molecular formula is C14H18N2O2. The second-order valence-corrected chi connectivity index (χ2v) is 4.70. The first-order valence-corrected chi connectivity index (χ1v) is 6.24. The van der Waals surface area contributed by atoms with E-state index >= 15 is 0 Å². The van der Waals surface area contributed by atoms with Gasteiger partial charge in [-0.1, -0.05) is 29.8 Å². The average molecular weight is 246 g/mol. The van der Waals surface area contributed by atoms with Crippen LogP contribution in [0, 0.1) is 6.92 Å². The van der Waals surface area contributed by atoms with Gasteiger partial charge in [0.1, 0.15) is 0 Å². The Morgan fingerprint density at radius 2 is 2.06 bits per heavy atom. The van der Waals surface area contributed by atoms with Gasteiger partial charge in [0.05, 0.1) is 13.1 Å². The minimum absolute atomic E-state index is 0.00389. The van der Waals surface area contributed by atoms with Gasteiger partial charge in [-0.3, -0.25) is 14.5 Å². The van der Waals surface area contributed by atoms with Crippen LogP contribution in [0.3, 0.4) is 0 Å². The fourth-order valence-electron chi connectivity index (χ4n) is 2.04. The predicted octanol–water partition coefficient (Wildman–Crippen LogP) is 1.000. The van der Waals surface area contributed by atoms with Crippen molar-refractivity contribution in [3.63, 3.8) is 0 Å². The summed E-state index contributed by atoms with van der Waals surface area (Å²) < 4.78 is 0. The summed E-state index contributed by atoms with van der Waals surface area (Å²) in [5, 5.41) is 2.80. The summed E-state index contributed by atoms with van der Waals surface area (Å²) in [6.07, 6.45) is 0.896. The second-order valence-electron chi connectivity index (χ2n) is 4.70. The van der Waals surface area contributed by atoms with E-state index in [1.165, 1.54) is 0 Å². The van der Waals surface area contributed by atoms with Crippen molar-refractivity contribution in [1.29, 1.82) is 0 Å². The van der Waals surface area contributed by atoms with Crippen LogP contribution in [0.1, 0.15) is 22.3 Å². The molecule has 4 heteroatoms. The number of carbonyl (C=O) groups excluding carboxylic acids is 2. The van der Waals surface area contributed by atoms with Crippen LogP contribution in [0.15, 0.2) is 24.3 Å². The highest BCUT2D eigenvalue weighted by Gasteiger charge is 2.17. The van der Waals surface area contributed by atoms with E-state index < -0.39 is 0 Å². The number of hydrogen-bond donors (Lipinski definition) is 1. The van der Waals surface area contributed by atoms with E-state index in [0.29, 0.717) is 25.2 Å². The molecule has 0 spiro atoms. The molecule has 1 saturated heterocycles. The predicted molar refractivity (Wildman–Crippen MR) is 69.6 cm³/mol. The summed E-state index contributed by atoms with van der Waals surface area (Å²) in [5.74, 6) is 0.0777. The number of carbonyl (C=O) groups is 2. The third-order valence-corrected chi connectivity index (χ3v) is 3.08. The van der Waals surface area contributed by atoms with E-state index in [-0.39, 0.29) is 11.7 Å². The quantitative estimate of drug-likeness (QED) is 0.809. The van der Waals surface area contributed by atoms with E-state index in [1.807, 2.05) is 36.1 Å². The maximum atomic E-state index is 12.1. The van der Waals surface area contributed by atoms with E-state index in [9.17, 15) is 9.59 Å². The molecule has 1 heterocycles. The van der Waals surface area contributed by atoms with Crippen LogP contribution < -0.4 is 5.32 Å². The van der Waals surface area contributed by atoms with Crippen LogP contribution in [0.5, 0.6) is 0 Å². The normalized spacial score (nSPS) is 17.1. The van der Waals surface area contributed by atoms with Crippen molar-refractivity contribution >= 4 is 11.7 Å². The maximum Gasteiger partial charge on any atom is 0.234 e. The Hall–Kier alpha value is -1.68. The van der Waals surface area contributed by atoms with Crippen LogP contribution in [0.2, 0.25) is 0 Å². The zero-order chi connectivity index (χ0) is 13.0. The molecule has 1 aliphatic heterocycles. The van der Waals surface area contributed by atoms with Crippen LogP contribution in [-0.2, 0) is 4.79 Å². The number of amides is 1. The van der Waals surface area contributed by atoms with Gasteiger partial charge in [-0.05, 0) is 13.3 Å². The average Bonchev–Trinajstić information content (AvgIpc) is 2.54. The summed E-state index contributed by atoms with van der Waals surface area (Å²) in [6, 6.07) is 7.55. The number of nitrogens with one attached hydrogen (secondary N) is 1. The number of aryl methyl sites for hydroxylation is 1. The van der Waals surface area contributed by atoms with E-state index in [2.05, 4.69) is 5.32 Å². The third kappa shape index (κ3) is 3.40. The Morgan fingerprint density at radius 3 is 2.78 bits per heavy atom. The van der Waals surface area contributed by atoms with Crippen LogP contribution in [-0.4, -0.2) is 42.8 Å². The number of Topliss-reactive ketones (excluding diaryl/α,β-unsaturated/α-hetero) is 1. The fourth-order valence-corrected chi connectivity index (χ4v) is 2.04. The van der Waals surface area contributed by atoms with Crippen molar-refractivity contribution in [2.45, 2.75) is 13.3 Å². The van der Waals surface area contributed by atoms with Crippen molar-refractivity contribution < 1.29 is 9.59 Å². The van der Waals surface area contributed by atoms with Gasteiger partial charge in [0.15, 0.2) is 5.78 Å². The van der Waals surface area contributed by atoms with Crippen molar-refractivity contribution in [1.82, 2.24) is 10.2 Å². The molecule has 1 aliphatic rings. The van der Waals surface area contributed by atoms with Crippen LogP contribution in [0.4, 0.5) is 0 Å². The van der Waals surface area contributed by atoms with E-state index in [0.717, 1.165) is 18.5 Å². The zero-order valence-electron chi connectivity index (χ0n) is 10.6. The van der Waals surface area contributed by atoms with Crippen molar-refractivity contribution in [3.8, 4) is 0 Å². The molecule has 0 saturated carbocycles. The monoisotopic (exact) mass is 246 g/mol. The van der Waals surface area contributed by atoms with Crippen LogP contribution in [0.25, 0.3) is 0 Å². The molecule has 1 fully saturated rings. The molecule has 0 radical (unpaired) electrons. The second kappa shape index (κ2) is 5.78. The van der Waals surface area contributed by atoms with Gasteiger partial charge in [0, 0.05) is 18.7 Å². The molecule has 1 aromatic carbocycles. The molecule has 0 atom stereocenters. The minimum Gasteiger partial charge on any atom is -0.355 e. The summed E-state index contributed by atoms with van der Waals surface area (Å²) in [7, 11) is 0. The molecular weight excluding hydrogens is 228 g/mol. The first-order valence-electron chi connectivity index (χ1n) is 6.24. The van der Waals surface area contributed by atoms with Gasteiger partial charge in [-0.25, -0.2) is 0 Å². The van der Waals surface area contributed by atoms with Gasteiger partial charge in [0.25, 0.3) is 0 Å². The molecule has 4 nitrogen and oxygen atoms in total. The highest BCUT2D eigenvalue weighted by molar-refractivity contribution is 5.97. The molecule has 1 N–H and O–H groups in total. The Morgan fingerprint density at radius 1 is 1.33 bits per heavy atom. The van der Waals surface area contributed by atoms with Crippen molar-refractivity contribution in [2.24, 2.45) is 0 Å². The Balaban J connectivity index is 1.97. The highest BCUT2D eigenvalue weighted by Crippen LogP contribution is 2.06. The smallest absolute Gasteiger partial charge is 0.234 e. The number of nitrogens with zero attached hydrogens (tertiary/aromatic N) is 1. The molecule has 2 rings (SSSR count). The van der Waals surface area contributed by atoms with Gasteiger partial charge in [-0.15, -0.1) is 0 Å². The molecule has 18 heavy (non-hydrogen) atoms. The van der Waals surface area contributed by atoms with Crippen molar-refractivity contribution in [2.75, 3.05) is 26.2 Å². The Labute approximate surface area is 107 Å². The summed E-state index contributed by atoms with van der Waals surface area (Å²) in [5.41, 5.74) is 1.85. The lowest BCUT2D eigenvalue weighted by Gasteiger charge is -2.17. The Bertz CT molecular complexity index is 440. The molecule has 1 amide bonds. The number of benzene rings is 1. The number of ketones is 1. The summed E-state index contributed by atoms with van der Waals surface area (Å²) >= 11 is 0. The lowest BCUT2D eigenvalue weighted by atomic mass is 10.1. The van der Waals surface area contributed by atoms with E-state index in [4.69, 9.17) is 0 Å². The fraction of sp³-hybridized carbons (Fsp3) is 0.429. The third-order valence-electron chi connectivity index (χ3n) is 3.08. The van der Waals surface area contributed by atoms with Gasteiger partial charge < -0.3 is 5.32 Å². The molecule has 96 valence electrons. The summed E-state index contributed by atoms with van der Waals surface area (Å²) in [6.45, 7) is 4.12. The standard InChI is InChI=1S/C14H18N2O2/c1-11-3-5-12(6-4-11)13(17)9-16-8-2-7-15-14(18)10-16/h3-6H,2,7-10H2,1H3,(H,15,18). The molecule has 0 bridgehead atoms. The molecule has 0 unspecified atom stereocenters. The lowest BCUT2D eigenvalue weighted by molar-refractivity contribution is -0.121. The number of hydrogen-bond acceptors (Lipinski definition) is 3. The molecule has 1 aromatic rings. The maximum absolute atomic E-state index is 12.1. The van der Waals surface area contributed by atoms with Crippen LogP contribution >= 0.6 is 0 Å². The van der Waals surface area contributed by atoms with Crippen molar-refractivity contribution in [3.05, 3.63) is 35.4 Å². The first-order chi connectivity index (χ1) is 8.65. The number of rotatable bonds is 3. The SMILES string of the molecule is Cc1ccc(C(=O)CN2CCCNC(=O)C2)cc1.